The number of aromatic nitrogens is 2. The fourth-order valence-electron chi connectivity index (χ4n) is 4.49. The fraction of sp³-hybridized carbons (Fsp3) is 0.565. The van der Waals surface area contributed by atoms with Gasteiger partial charge in [-0.25, -0.2) is 4.79 Å². The quantitative estimate of drug-likeness (QED) is 0.412. The summed E-state index contributed by atoms with van der Waals surface area (Å²) in [5, 5.41) is 20.1. The zero-order chi connectivity index (χ0) is 26.2. The van der Waals surface area contributed by atoms with Crippen LogP contribution in [0.1, 0.15) is 47.4 Å². The molecule has 0 saturated carbocycles. The van der Waals surface area contributed by atoms with E-state index in [4.69, 9.17) is 18.5 Å². The molecule has 3 heterocycles. The second-order valence-corrected chi connectivity index (χ2v) is 10.6. The van der Waals surface area contributed by atoms with Crippen molar-refractivity contribution in [2.24, 2.45) is 0 Å². The molecular formula is C23H30N2O10P-. The van der Waals surface area contributed by atoms with Gasteiger partial charge in [0.15, 0.2) is 0 Å². The van der Waals surface area contributed by atoms with E-state index in [0.29, 0.717) is 6.42 Å². The summed E-state index contributed by atoms with van der Waals surface area (Å²) in [4.78, 5) is 38.5. The van der Waals surface area contributed by atoms with Crippen molar-refractivity contribution in [2.75, 3.05) is 13.2 Å². The van der Waals surface area contributed by atoms with Gasteiger partial charge in [0.25, 0.3) is 13.4 Å². The first-order chi connectivity index (χ1) is 17.0. The summed E-state index contributed by atoms with van der Waals surface area (Å²) >= 11 is 0. The van der Waals surface area contributed by atoms with Gasteiger partial charge in [-0.15, -0.1) is 0 Å². The zero-order valence-corrected chi connectivity index (χ0v) is 21.1. The minimum atomic E-state index is -4.91. The van der Waals surface area contributed by atoms with Gasteiger partial charge in [-0.2, -0.15) is 0 Å². The van der Waals surface area contributed by atoms with Crippen LogP contribution in [0.25, 0.3) is 0 Å². The molecule has 2 aromatic rings. The van der Waals surface area contributed by atoms with E-state index >= 15 is 0 Å². The number of H-pyrrole nitrogens is 1. The molecule has 2 saturated heterocycles. The Morgan fingerprint density at radius 2 is 1.92 bits per heavy atom. The lowest BCUT2D eigenvalue weighted by atomic mass is 9.98. The Labute approximate surface area is 207 Å². The highest BCUT2D eigenvalue weighted by Gasteiger charge is 2.40. The first-order valence-electron chi connectivity index (χ1n) is 11.6. The number of aliphatic hydroxyl groups excluding tert-OH is 2. The van der Waals surface area contributed by atoms with E-state index in [1.54, 1.807) is 0 Å². The van der Waals surface area contributed by atoms with Gasteiger partial charge in [0.2, 0.25) is 0 Å². The van der Waals surface area contributed by atoms with Crippen molar-refractivity contribution < 1.29 is 38.2 Å². The Kier molecular flexibility index (Phi) is 7.98. The number of benzene rings is 1. The minimum Gasteiger partial charge on any atom is -0.756 e. The number of nitrogens with zero attached hydrogens (tertiary/aromatic N) is 1. The SMILES string of the molecule is Cc1ccc(C)c([C@H]2C[C@@H](O)[C@@H](COP(=O)([O-])O[C@@H]3C[C@H](n4cc(C)c(=O)[nH]c4=O)O[C@@H]3CO)O2)c1. The fourth-order valence-corrected chi connectivity index (χ4v) is 5.44. The molecule has 3 N–H and O–H groups in total. The lowest BCUT2D eigenvalue weighted by Gasteiger charge is -2.29. The highest BCUT2D eigenvalue weighted by atomic mass is 31.2. The van der Waals surface area contributed by atoms with E-state index in [1.807, 2.05) is 32.0 Å². The summed E-state index contributed by atoms with van der Waals surface area (Å²) < 4.78 is 35.3. The molecule has 0 radical (unpaired) electrons. The lowest BCUT2D eigenvalue weighted by molar-refractivity contribution is -0.234. The number of phosphoric ester groups is 1. The maximum absolute atomic E-state index is 12.6. The molecule has 0 spiro atoms. The van der Waals surface area contributed by atoms with Crippen LogP contribution in [0, 0.1) is 20.8 Å². The molecule has 1 unspecified atom stereocenters. The van der Waals surface area contributed by atoms with Crippen LogP contribution in [0.5, 0.6) is 0 Å². The number of aromatic amines is 1. The third kappa shape index (κ3) is 5.87. The Bertz CT molecular complexity index is 1260. The highest BCUT2D eigenvalue weighted by Crippen LogP contribution is 2.46. The standard InChI is InChI=1S/C23H31N2O10P/c1-12-4-5-13(2)15(6-12)17-7-16(27)20(33-17)11-32-36(30,31)35-18-8-21(34-19(18)10-26)25-9-14(3)22(28)24-23(25)29/h4-6,9,16-21,26-27H,7-8,10-11H2,1-3H3,(H,30,31)(H,24,28,29)/p-1/t16-,17-,18-,19-,20-,21-/m1/s1. The van der Waals surface area contributed by atoms with Gasteiger partial charge in [0.1, 0.15) is 18.4 Å². The van der Waals surface area contributed by atoms with Crippen molar-refractivity contribution in [1.82, 2.24) is 9.55 Å². The third-order valence-corrected chi connectivity index (χ3v) is 7.48. The summed E-state index contributed by atoms with van der Waals surface area (Å²) in [5.74, 6) is 0. The van der Waals surface area contributed by atoms with Crippen LogP contribution in [0.15, 0.2) is 34.0 Å². The molecule has 7 atom stereocenters. The number of hydrogen-bond acceptors (Lipinski definition) is 10. The Morgan fingerprint density at radius 3 is 2.64 bits per heavy atom. The van der Waals surface area contributed by atoms with Gasteiger partial charge in [0.05, 0.1) is 31.5 Å². The molecule has 36 heavy (non-hydrogen) atoms. The summed E-state index contributed by atoms with van der Waals surface area (Å²) in [7, 11) is -4.91. The number of nitrogens with one attached hydrogen (secondary N) is 1. The second-order valence-electron chi connectivity index (χ2n) is 9.24. The number of rotatable bonds is 8. The average Bonchev–Trinajstić information content (AvgIpc) is 3.38. The summed E-state index contributed by atoms with van der Waals surface area (Å²) in [5.41, 5.74) is 1.94. The van der Waals surface area contributed by atoms with Crippen molar-refractivity contribution in [3.8, 4) is 0 Å². The molecule has 2 aliphatic rings. The van der Waals surface area contributed by atoms with E-state index in [1.165, 1.54) is 13.1 Å². The maximum Gasteiger partial charge on any atom is 0.330 e. The van der Waals surface area contributed by atoms with Crippen molar-refractivity contribution in [2.45, 2.75) is 70.4 Å². The van der Waals surface area contributed by atoms with Crippen molar-refractivity contribution in [3.63, 3.8) is 0 Å². The topological polar surface area (TPSA) is 172 Å². The molecule has 4 rings (SSSR count). The molecule has 12 nitrogen and oxygen atoms in total. The third-order valence-electron chi connectivity index (χ3n) is 6.48. The molecule has 0 aliphatic carbocycles. The monoisotopic (exact) mass is 525 g/mol. The molecule has 198 valence electrons. The number of ether oxygens (including phenoxy) is 2. The molecule has 0 bridgehead atoms. The predicted octanol–water partition coefficient (Wildman–Crippen LogP) is 0.503. The van der Waals surface area contributed by atoms with Crippen LogP contribution in [-0.4, -0.2) is 57.4 Å². The molecule has 1 aromatic heterocycles. The van der Waals surface area contributed by atoms with E-state index < -0.39 is 69.0 Å². The van der Waals surface area contributed by atoms with Crippen LogP contribution in [0.2, 0.25) is 0 Å². The van der Waals surface area contributed by atoms with E-state index in [9.17, 15) is 29.3 Å². The van der Waals surface area contributed by atoms with Gasteiger partial charge in [-0.1, -0.05) is 23.8 Å². The Hall–Kier alpha value is -2.15. The minimum absolute atomic E-state index is 0.0938. The Morgan fingerprint density at radius 1 is 1.17 bits per heavy atom. The summed E-state index contributed by atoms with van der Waals surface area (Å²) in [6.45, 7) is 4.37. The van der Waals surface area contributed by atoms with E-state index in [-0.39, 0.29) is 12.0 Å². The van der Waals surface area contributed by atoms with Crippen molar-refractivity contribution in [3.05, 3.63) is 67.5 Å². The number of phosphoric acid groups is 1. The second kappa shape index (κ2) is 10.7. The van der Waals surface area contributed by atoms with Crippen LogP contribution in [0.4, 0.5) is 0 Å². The Balaban J connectivity index is 1.38. The summed E-state index contributed by atoms with van der Waals surface area (Å²) in [6, 6.07) is 5.90. The van der Waals surface area contributed by atoms with Gasteiger partial charge in [-0.05, 0) is 31.9 Å². The molecule has 2 aliphatic heterocycles. The van der Waals surface area contributed by atoms with Gasteiger partial charge >= 0.3 is 5.69 Å². The predicted molar refractivity (Wildman–Crippen MR) is 124 cm³/mol. The van der Waals surface area contributed by atoms with Crippen LogP contribution >= 0.6 is 7.82 Å². The largest absolute Gasteiger partial charge is 0.756 e. The van der Waals surface area contributed by atoms with Gasteiger partial charge in [0, 0.05) is 24.6 Å². The number of aryl methyl sites for hydroxylation is 3. The van der Waals surface area contributed by atoms with Crippen LogP contribution < -0.4 is 16.1 Å². The average molecular weight is 525 g/mol. The van der Waals surface area contributed by atoms with Gasteiger partial charge in [-0.3, -0.25) is 18.9 Å². The molecule has 0 amide bonds. The highest BCUT2D eigenvalue weighted by molar-refractivity contribution is 7.45. The normalized spacial score (nSPS) is 29.9. The lowest BCUT2D eigenvalue weighted by Crippen LogP contribution is -2.33. The molecule has 1 aromatic carbocycles. The molecule has 13 heteroatoms. The van der Waals surface area contributed by atoms with Crippen molar-refractivity contribution >= 4 is 7.82 Å². The molecule has 2 fully saturated rings. The smallest absolute Gasteiger partial charge is 0.330 e. The number of hydrogen-bond donors (Lipinski definition) is 3. The first-order valence-corrected chi connectivity index (χ1v) is 13.1. The summed E-state index contributed by atoms with van der Waals surface area (Å²) in [6.07, 6.45) is -3.89. The van der Waals surface area contributed by atoms with E-state index in [0.717, 1.165) is 21.3 Å². The van der Waals surface area contributed by atoms with Gasteiger partial charge < -0.3 is 33.6 Å². The van der Waals surface area contributed by atoms with E-state index in [2.05, 4.69) is 4.98 Å². The zero-order valence-electron chi connectivity index (χ0n) is 20.2. The first kappa shape index (κ1) is 26.9. The van der Waals surface area contributed by atoms with Crippen LogP contribution in [-0.2, 0) is 23.1 Å². The maximum atomic E-state index is 12.6. The van der Waals surface area contributed by atoms with Crippen molar-refractivity contribution in [1.29, 1.82) is 0 Å². The number of aliphatic hydroxyl groups is 2. The molecular weight excluding hydrogens is 495 g/mol. The van der Waals surface area contributed by atoms with Crippen LogP contribution in [0.3, 0.4) is 0 Å².